The Morgan fingerprint density at radius 2 is 2.22 bits per heavy atom. The van der Waals surface area contributed by atoms with Gasteiger partial charge in [0.25, 0.3) is 0 Å². The van der Waals surface area contributed by atoms with Gasteiger partial charge in [0.15, 0.2) is 0 Å². The third kappa shape index (κ3) is 3.34. The second-order valence-electron chi connectivity index (χ2n) is 4.96. The number of rotatable bonds is 7. The molecule has 0 saturated carbocycles. The largest absolute Gasteiger partial charge is 0.396 e. The third-order valence-corrected chi connectivity index (χ3v) is 3.36. The Bertz CT molecular complexity index is 478. The Hall–Kier alpha value is -1.32. The number of aliphatic hydroxyl groups excluding tert-OH is 1. The fourth-order valence-electron chi connectivity index (χ4n) is 2.19. The van der Waals surface area contributed by atoms with Gasteiger partial charge in [-0.2, -0.15) is 0 Å². The van der Waals surface area contributed by atoms with Crippen molar-refractivity contribution in [3.8, 4) is 0 Å². The molecule has 1 unspecified atom stereocenters. The van der Waals surface area contributed by atoms with E-state index in [2.05, 4.69) is 41.5 Å². The van der Waals surface area contributed by atoms with E-state index in [4.69, 9.17) is 5.11 Å². The summed E-state index contributed by atoms with van der Waals surface area (Å²) in [5, 5.41) is 13.7. The number of hydrogen-bond donors (Lipinski definition) is 3. The monoisotopic (exact) mass is 246 g/mol. The van der Waals surface area contributed by atoms with Crippen molar-refractivity contribution in [3.63, 3.8) is 0 Å². The van der Waals surface area contributed by atoms with Crippen LogP contribution in [0.1, 0.15) is 25.3 Å². The number of benzene rings is 1. The van der Waals surface area contributed by atoms with Gasteiger partial charge in [-0.15, -0.1) is 0 Å². The van der Waals surface area contributed by atoms with E-state index in [1.165, 1.54) is 16.5 Å². The Labute approximate surface area is 108 Å². The van der Waals surface area contributed by atoms with E-state index >= 15 is 0 Å². The molecule has 0 aliphatic heterocycles. The maximum Gasteiger partial charge on any atom is 0.0457 e. The number of H-pyrrole nitrogens is 1. The van der Waals surface area contributed by atoms with Crippen LogP contribution >= 0.6 is 0 Å². The number of nitrogens with one attached hydrogen (secondary N) is 2. The summed E-state index contributed by atoms with van der Waals surface area (Å²) < 4.78 is 0. The zero-order chi connectivity index (χ0) is 12.8. The predicted molar refractivity (Wildman–Crippen MR) is 75.5 cm³/mol. The van der Waals surface area contributed by atoms with Crippen molar-refractivity contribution in [1.29, 1.82) is 0 Å². The van der Waals surface area contributed by atoms with Crippen LogP contribution in [0.25, 0.3) is 10.9 Å². The first-order valence-corrected chi connectivity index (χ1v) is 6.68. The van der Waals surface area contributed by atoms with Gasteiger partial charge in [-0.25, -0.2) is 0 Å². The number of fused-ring (bicyclic) bond motifs is 1. The highest BCUT2D eigenvalue weighted by Crippen LogP contribution is 2.17. The molecule has 0 aliphatic carbocycles. The van der Waals surface area contributed by atoms with E-state index in [1.54, 1.807) is 0 Å². The maximum absolute atomic E-state index is 8.94. The normalized spacial score (nSPS) is 13.0. The molecule has 1 aromatic carbocycles. The van der Waals surface area contributed by atoms with Crippen LogP contribution < -0.4 is 5.32 Å². The first-order valence-electron chi connectivity index (χ1n) is 6.68. The molecule has 1 heterocycles. The number of aromatic amines is 1. The fourth-order valence-corrected chi connectivity index (χ4v) is 2.19. The number of hydrogen-bond acceptors (Lipinski definition) is 2. The molecule has 1 atom stereocenters. The van der Waals surface area contributed by atoms with Gasteiger partial charge >= 0.3 is 0 Å². The van der Waals surface area contributed by atoms with Crippen LogP contribution in [0.5, 0.6) is 0 Å². The Morgan fingerprint density at radius 1 is 1.33 bits per heavy atom. The summed E-state index contributed by atoms with van der Waals surface area (Å²) in [6.45, 7) is 4.29. The number of aromatic nitrogens is 1. The average Bonchev–Trinajstić information content (AvgIpc) is 2.87. The SMILES string of the molecule is CC(CO)CCCNCc1cccc2[nH]ccc12. The van der Waals surface area contributed by atoms with E-state index in [1.807, 2.05) is 6.20 Å². The van der Waals surface area contributed by atoms with Crippen LogP contribution in [0.2, 0.25) is 0 Å². The van der Waals surface area contributed by atoms with Gasteiger partial charge < -0.3 is 15.4 Å². The molecule has 3 heteroatoms. The summed E-state index contributed by atoms with van der Waals surface area (Å²) in [7, 11) is 0. The molecule has 2 rings (SSSR count). The molecule has 0 aliphatic rings. The molecule has 2 aromatic rings. The van der Waals surface area contributed by atoms with Crippen LogP contribution in [-0.4, -0.2) is 23.2 Å². The molecule has 3 nitrogen and oxygen atoms in total. The minimum absolute atomic E-state index is 0.294. The first-order chi connectivity index (χ1) is 8.81. The van der Waals surface area contributed by atoms with Crippen LogP contribution in [-0.2, 0) is 6.54 Å². The van der Waals surface area contributed by atoms with Crippen molar-refractivity contribution in [2.45, 2.75) is 26.3 Å². The highest BCUT2D eigenvalue weighted by atomic mass is 16.3. The van der Waals surface area contributed by atoms with Crippen LogP contribution in [0, 0.1) is 5.92 Å². The van der Waals surface area contributed by atoms with Crippen molar-refractivity contribution >= 4 is 10.9 Å². The van der Waals surface area contributed by atoms with E-state index < -0.39 is 0 Å². The van der Waals surface area contributed by atoms with Gasteiger partial charge in [-0.3, -0.25) is 0 Å². The lowest BCUT2D eigenvalue weighted by molar-refractivity contribution is 0.228. The van der Waals surface area contributed by atoms with Crippen molar-refractivity contribution in [3.05, 3.63) is 36.0 Å². The molecule has 98 valence electrons. The maximum atomic E-state index is 8.94. The van der Waals surface area contributed by atoms with Crippen molar-refractivity contribution in [2.24, 2.45) is 5.92 Å². The Balaban J connectivity index is 1.78. The molecule has 3 N–H and O–H groups in total. The second-order valence-corrected chi connectivity index (χ2v) is 4.96. The topological polar surface area (TPSA) is 48.0 Å². The molecule has 18 heavy (non-hydrogen) atoms. The van der Waals surface area contributed by atoms with Crippen LogP contribution in [0.4, 0.5) is 0 Å². The summed E-state index contributed by atoms with van der Waals surface area (Å²) in [5.74, 6) is 0.417. The van der Waals surface area contributed by atoms with Gasteiger partial charge in [0, 0.05) is 30.3 Å². The third-order valence-electron chi connectivity index (χ3n) is 3.36. The van der Waals surface area contributed by atoms with Gasteiger partial charge in [0.05, 0.1) is 0 Å². The standard InChI is InChI=1S/C15H22N2O/c1-12(11-18)4-3-8-16-10-13-5-2-6-15-14(13)7-9-17-15/h2,5-7,9,12,16-18H,3-4,8,10-11H2,1H3. The Morgan fingerprint density at radius 3 is 3.06 bits per heavy atom. The molecule has 0 bridgehead atoms. The molecule has 0 radical (unpaired) electrons. The quantitative estimate of drug-likeness (QED) is 0.658. The Kier molecular flexibility index (Phi) is 4.79. The summed E-state index contributed by atoms with van der Waals surface area (Å²) >= 11 is 0. The lowest BCUT2D eigenvalue weighted by atomic mass is 10.1. The highest BCUT2D eigenvalue weighted by molar-refractivity contribution is 5.82. The summed E-state index contributed by atoms with van der Waals surface area (Å²) in [6, 6.07) is 8.48. The van der Waals surface area contributed by atoms with Crippen LogP contribution in [0.15, 0.2) is 30.5 Å². The molecule has 0 fully saturated rings. The predicted octanol–water partition coefficient (Wildman–Crippen LogP) is 2.67. The minimum atomic E-state index is 0.294. The summed E-state index contributed by atoms with van der Waals surface area (Å²) in [5.41, 5.74) is 2.53. The average molecular weight is 246 g/mol. The zero-order valence-corrected chi connectivity index (χ0v) is 10.9. The van der Waals surface area contributed by atoms with Crippen LogP contribution in [0.3, 0.4) is 0 Å². The summed E-state index contributed by atoms with van der Waals surface area (Å²) in [6.07, 6.45) is 4.18. The molecule has 0 saturated heterocycles. The second kappa shape index (κ2) is 6.57. The van der Waals surface area contributed by atoms with Gasteiger partial charge in [-0.1, -0.05) is 19.1 Å². The fraction of sp³-hybridized carbons (Fsp3) is 0.467. The van der Waals surface area contributed by atoms with Gasteiger partial charge in [-0.05, 0) is 43.0 Å². The number of aliphatic hydroxyl groups is 1. The van der Waals surface area contributed by atoms with Crippen molar-refractivity contribution in [1.82, 2.24) is 10.3 Å². The van der Waals surface area contributed by atoms with Gasteiger partial charge in [0.1, 0.15) is 0 Å². The first kappa shape index (κ1) is 13.1. The van der Waals surface area contributed by atoms with Crippen molar-refractivity contribution < 1.29 is 5.11 Å². The van der Waals surface area contributed by atoms with E-state index in [-0.39, 0.29) is 0 Å². The smallest absolute Gasteiger partial charge is 0.0457 e. The van der Waals surface area contributed by atoms with E-state index in [9.17, 15) is 0 Å². The minimum Gasteiger partial charge on any atom is -0.396 e. The van der Waals surface area contributed by atoms with E-state index in [0.717, 1.165) is 25.9 Å². The lowest BCUT2D eigenvalue weighted by Crippen LogP contribution is -2.16. The highest BCUT2D eigenvalue weighted by Gasteiger charge is 2.02. The van der Waals surface area contributed by atoms with Crippen molar-refractivity contribution in [2.75, 3.05) is 13.2 Å². The lowest BCUT2D eigenvalue weighted by Gasteiger charge is -2.09. The summed E-state index contributed by atoms with van der Waals surface area (Å²) in [4.78, 5) is 3.23. The van der Waals surface area contributed by atoms with Gasteiger partial charge in [0.2, 0.25) is 0 Å². The van der Waals surface area contributed by atoms with E-state index in [0.29, 0.717) is 12.5 Å². The molecular formula is C15H22N2O. The molecule has 1 aromatic heterocycles. The molecular weight excluding hydrogens is 224 g/mol. The molecule has 0 amide bonds. The zero-order valence-electron chi connectivity index (χ0n) is 10.9. The molecule has 0 spiro atoms.